The molecule has 2 heterocycles. The van der Waals surface area contributed by atoms with Crippen molar-refractivity contribution in [3.63, 3.8) is 0 Å². The van der Waals surface area contributed by atoms with E-state index in [0.717, 1.165) is 0 Å². The number of rotatable bonds is 1. The van der Waals surface area contributed by atoms with Crippen LogP contribution in [0.15, 0.2) is 18.6 Å². The van der Waals surface area contributed by atoms with Gasteiger partial charge in [-0.15, -0.1) is 0 Å². The molecule has 0 saturated heterocycles. The molecule has 0 spiro atoms. The van der Waals surface area contributed by atoms with E-state index >= 15 is 0 Å². The van der Waals surface area contributed by atoms with Crippen molar-refractivity contribution < 1.29 is 0 Å². The summed E-state index contributed by atoms with van der Waals surface area (Å²) in [5, 5.41) is 8.90. The Bertz CT molecular complexity index is 576. The van der Waals surface area contributed by atoms with E-state index in [1.165, 1.54) is 18.6 Å². The SMILES string of the molecule is N#Cc1cnc(-c2cncc(Cl)n2)nc1N. The molecule has 16 heavy (non-hydrogen) atoms. The lowest BCUT2D eigenvalue weighted by Crippen LogP contribution is -2.00. The zero-order chi connectivity index (χ0) is 11.5. The predicted molar refractivity (Wildman–Crippen MR) is 57.2 cm³/mol. The molecule has 0 radical (unpaired) electrons. The van der Waals surface area contributed by atoms with Crippen LogP contribution in [0, 0.1) is 11.3 Å². The highest BCUT2D eigenvalue weighted by molar-refractivity contribution is 6.29. The van der Waals surface area contributed by atoms with Crippen molar-refractivity contribution in [2.75, 3.05) is 5.73 Å². The number of nitrogens with zero attached hydrogens (tertiary/aromatic N) is 5. The highest BCUT2D eigenvalue weighted by atomic mass is 35.5. The summed E-state index contributed by atoms with van der Waals surface area (Å²) in [4.78, 5) is 15.7. The summed E-state index contributed by atoms with van der Waals surface area (Å²) < 4.78 is 0. The van der Waals surface area contributed by atoms with Crippen LogP contribution in [-0.2, 0) is 0 Å². The van der Waals surface area contributed by atoms with Gasteiger partial charge < -0.3 is 5.73 Å². The molecule has 0 aliphatic carbocycles. The summed E-state index contributed by atoms with van der Waals surface area (Å²) in [5.41, 5.74) is 6.18. The van der Waals surface area contributed by atoms with E-state index in [9.17, 15) is 0 Å². The van der Waals surface area contributed by atoms with Gasteiger partial charge >= 0.3 is 0 Å². The number of nitrogens with two attached hydrogens (primary N) is 1. The molecule has 0 aliphatic heterocycles. The maximum Gasteiger partial charge on any atom is 0.181 e. The van der Waals surface area contributed by atoms with Gasteiger partial charge in [-0.25, -0.2) is 15.0 Å². The molecule has 6 nitrogen and oxygen atoms in total. The topological polar surface area (TPSA) is 101 Å². The van der Waals surface area contributed by atoms with Crippen molar-refractivity contribution in [3.8, 4) is 17.6 Å². The molecule has 0 fully saturated rings. The first-order valence-electron chi connectivity index (χ1n) is 4.21. The van der Waals surface area contributed by atoms with Gasteiger partial charge in [0.2, 0.25) is 0 Å². The van der Waals surface area contributed by atoms with Crippen molar-refractivity contribution in [1.29, 1.82) is 5.26 Å². The van der Waals surface area contributed by atoms with E-state index in [2.05, 4.69) is 19.9 Å². The molecule has 2 N–H and O–H groups in total. The Hall–Kier alpha value is -2.26. The Morgan fingerprint density at radius 1 is 1.25 bits per heavy atom. The molecule has 2 rings (SSSR count). The number of anilines is 1. The quantitative estimate of drug-likeness (QED) is 0.788. The van der Waals surface area contributed by atoms with Gasteiger partial charge in [0, 0.05) is 0 Å². The third kappa shape index (κ3) is 1.89. The number of hydrogen-bond acceptors (Lipinski definition) is 6. The minimum atomic E-state index is 0.106. The first kappa shape index (κ1) is 10.3. The highest BCUT2D eigenvalue weighted by Gasteiger charge is 2.07. The largest absolute Gasteiger partial charge is 0.382 e. The van der Waals surface area contributed by atoms with Crippen LogP contribution in [0.1, 0.15) is 5.56 Å². The fraction of sp³-hybridized carbons (Fsp3) is 0. The molecule has 0 aliphatic rings. The second-order valence-electron chi connectivity index (χ2n) is 2.83. The normalized spacial score (nSPS) is 9.75. The number of aromatic nitrogens is 4. The third-order valence-electron chi connectivity index (χ3n) is 1.77. The Morgan fingerprint density at radius 2 is 2.06 bits per heavy atom. The van der Waals surface area contributed by atoms with Crippen LogP contribution in [0.2, 0.25) is 5.15 Å². The van der Waals surface area contributed by atoms with Crippen LogP contribution in [0.4, 0.5) is 5.82 Å². The van der Waals surface area contributed by atoms with E-state index in [1.54, 1.807) is 0 Å². The Labute approximate surface area is 95.8 Å². The van der Waals surface area contributed by atoms with Crippen molar-refractivity contribution in [1.82, 2.24) is 19.9 Å². The first-order valence-corrected chi connectivity index (χ1v) is 4.59. The van der Waals surface area contributed by atoms with Crippen LogP contribution in [-0.4, -0.2) is 19.9 Å². The van der Waals surface area contributed by atoms with E-state index in [1.807, 2.05) is 6.07 Å². The summed E-state index contributed by atoms with van der Waals surface area (Å²) in [5.74, 6) is 0.390. The fourth-order valence-electron chi connectivity index (χ4n) is 1.05. The van der Waals surface area contributed by atoms with Gasteiger partial charge in [0.1, 0.15) is 28.3 Å². The smallest absolute Gasteiger partial charge is 0.181 e. The molecule has 0 aromatic carbocycles. The lowest BCUT2D eigenvalue weighted by molar-refractivity contribution is 1.11. The van der Waals surface area contributed by atoms with Crippen molar-refractivity contribution in [3.05, 3.63) is 29.3 Å². The molecule has 0 bridgehead atoms. The summed E-state index contributed by atoms with van der Waals surface area (Å²) in [6.07, 6.45) is 4.20. The van der Waals surface area contributed by atoms with Gasteiger partial charge in [-0.05, 0) is 0 Å². The van der Waals surface area contributed by atoms with E-state index in [-0.39, 0.29) is 22.4 Å². The molecule has 7 heteroatoms. The van der Waals surface area contributed by atoms with Crippen LogP contribution in [0.5, 0.6) is 0 Å². The Kier molecular flexibility index (Phi) is 2.62. The molecule has 0 atom stereocenters. The summed E-state index contributed by atoms with van der Waals surface area (Å²) >= 11 is 5.68. The van der Waals surface area contributed by atoms with Gasteiger partial charge in [-0.2, -0.15) is 5.26 Å². The number of nitriles is 1. The molecular weight excluding hydrogens is 228 g/mol. The Morgan fingerprint density at radius 3 is 2.69 bits per heavy atom. The summed E-state index contributed by atoms with van der Waals surface area (Å²) in [7, 11) is 0. The standard InChI is InChI=1S/C9H5ClN6/c10-7-4-13-3-6(15-7)9-14-2-5(1-11)8(12)16-9/h2-4H,(H2,12,14,16). The maximum atomic E-state index is 8.66. The monoisotopic (exact) mass is 232 g/mol. The molecular formula is C9H5ClN6. The number of nitrogen functional groups attached to an aromatic ring is 1. The molecule has 0 saturated carbocycles. The second kappa shape index (κ2) is 4.08. The average molecular weight is 233 g/mol. The van der Waals surface area contributed by atoms with Crippen molar-refractivity contribution >= 4 is 17.4 Å². The minimum Gasteiger partial charge on any atom is -0.382 e. The van der Waals surface area contributed by atoms with Crippen LogP contribution >= 0.6 is 11.6 Å². The fourth-order valence-corrected chi connectivity index (χ4v) is 1.20. The maximum absolute atomic E-state index is 8.66. The van der Waals surface area contributed by atoms with Crippen LogP contribution in [0.25, 0.3) is 11.5 Å². The lowest BCUT2D eigenvalue weighted by atomic mass is 10.3. The predicted octanol–water partition coefficient (Wildman–Crippen LogP) is 1.04. The highest BCUT2D eigenvalue weighted by Crippen LogP contribution is 2.15. The number of halogens is 1. The zero-order valence-corrected chi connectivity index (χ0v) is 8.68. The van der Waals surface area contributed by atoms with Gasteiger partial charge in [0.15, 0.2) is 5.82 Å². The number of hydrogen-bond donors (Lipinski definition) is 1. The van der Waals surface area contributed by atoms with E-state index in [4.69, 9.17) is 22.6 Å². The van der Waals surface area contributed by atoms with E-state index < -0.39 is 0 Å². The first-order chi connectivity index (χ1) is 7.70. The zero-order valence-electron chi connectivity index (χ0n) is 7.92. The van der Waals surface area contributed by atoms with Crippen LogP contribution < -0.4 is 5.73 Å². The minimum absolute atomic E-state index is 0.106. The summed E-state index contributed by atoms with van der Waals surface area (Å²) in [6, 6.07) is 1.87. The van der Waals surface area contributed by atoms with Gasteiger partial charge in [-0.1, -0.05) is 11.6 Å². The molecule has 0 amide bonds. The lowest BCUT2D eigenvalue weighted by Gasteiger charge is -2.00. The summed E-state index contributed by atoms with van der Waals surface area (Å²) in [6.45, 7) is 0. The van der Waals surface area contributed by atoms with Crippen molar-refractivity contribution in [2.45, 2.75) is 0 Å². The van der Waals surface area contributed by atoms with E-state index in [0.29, 0.717) is 5.69 Å². The molecule has 78 valence electrons. The third-order valence-corrected chi connectivity index (χ3v) is 1.96. The Balaban J connectivity index is 2.50. The average Bonchev–Trinajstić information content (AvgIpc) is 2.29. The second-order valence-corrected chi connectivity index (χ2v) is 3.22. The molecule has 2 aromatic heterocycles. The van der Waals surface area contributed by atoms with Crippen molar-refractivity contribution in [2.24, 2.45) is 0 Å². The van der Waals surface area contributed by atoms with Gasteiger partial charge in [-0.3, -0.25) is 4.98 Å². The molecule has 0 unspecified atom stereocenters. The van der Waals surface area contributed by atoms with Gasteiger partial charge in [0.25, 0.3) is 0 Å². The molecule has 2 aromatic rings. The van der Waals surface area contributed by atoms with Gasteiger partial charge in [0.05, 0.1) is 18.6 Å². The van der Waals surface area contributed by atoms with Crippen LogP contribution in [0.3, 0.4) is 0 Å².